The third kappa shape index (κ3) is 5.46. The Hall–Kier alpha value is -6.32. The van der Waals surface area contributed by atoms with Crippen LogP contribution in [0.1, 0.15) is 18.1 Å². The molecule has 0 saturated carbocycles. The molecule has 0 aliphatic heterocycles. The van der Waals surface area contributed by atoms with Crippen molar-refractivity contribution >= 4 is 51.1 Å². The Morgan fingerprint density at radius 3 is 2.04 bits per heavy atom. The van der Waals surface area contributed by atoms with Crippen LogP contribution in [0.2, 0.25) is 0 Å². The minimum absolute atomic E-state index is 0.763. The lowest BCUT2D eigenvalue weighted by molar-refractivity contribution is 1.07. The summed E-state index contributed by atoms with van der Waals surface area (Å²) >= 11 is 0. The van der Waals surface area contributed by atoms with E-state index in [4.69, 9.17) is 5.73 Å². The Labute approximate surface area is 286 Å². The van der Waals surface area contributed by atoms with Crippen molar-refractivity contribution in [3.8, 4) is 22.5 Å². The zero-order chi connectivity index (χ0) is 33.3. The fourth-order valence-electron chi connectivity index (χ4n) is 6.96. The highest BCUT2D eigenvalue weighted by Crippen LogP contribution is 2.35. The van der Waals surface area contributed by atoms with E-state index in [1.54, 1.807) is 0 Å². The molecule has 8 aromatic rings. The maximum atomic E-state index is 6.38. The van der Waals surface area contributed by atoms with Gasteiger partial charge in [-0.25, -0.2) is 0 Å². The number of nitrogens with zero attached hydrogens (tertiary/aromatic N) is 2. The van der Waals surface area contributed by atoms with E-state index in [1.165, 1.54) is 38.5 Å². The van der Waals surface area contributed by atoms with Gasteiger partial charge in [0.05, 0.1) is 21.9 Å². The largest absolute Gasteiger partial charge is 0.398 e. The van der Waals surface area contributed by atoms with Gasteiger partial charge >= 0.3 is 0 Å². The van der Waals surface area contributed by atoms with E-state index >= 15 is 0 Å². The summed E-state index contributed by atoms with van der Waals surface area (Å²) in [6.45, 7) is 6.58. The molecule has 3 heteroatoms. The van der Waals surface area contributed by atoms with Crippen molar-refractivity contribution in [2.75, 3.05) is 0 Å². The van der Waals surface area contributed by atoms with E-state index in [1.807, 2.05) is 37.3 Å². The monoisotopic (exact) mass is 631 g/mol. The quantitative estimate of drug-likeness (QED) is 0.187. The summed E-state index contributed by atoms with van der Waals surface area (Å²) in [6.07, 6.45) is 9.15. The Kier molecular flexibility index (Phi) is 7.79. The van der Waals surface area contributed by atoms with Crippen LogP contribution in [-0.2, 0) is 6.42 Å². The number of benzene rings is 6. The Morgan fingerprint density at radius 1 is 0.612 bits per heavy atom. The summed E-state index contributed by atoms with van der Waals surface area (Å²) in [5, 5.41) is 5.72. The first kappa shape index (κ1) is 30.0. The molecule has 0 atom stereocenters. The average Bonchev–Trinajstić information content (AvgIpc) is 3.64. The normalized spacial score (nSPS) is 12.6. The first-order valence-corrected chi connectivity index (χ1v) is 16.8. The fraction of sp³-hybridized carbons (Fsp3) is 0.0435. The molecule has 0 amide bonds. The fourth-order valence-corrected chi connectivity index (χ4v) is 6.96. The van der Waals surface area contributed by atoms with E-state index < -0.39 is 0 Å². The Balaban J connectivity index is 1.23. The minimum atomic E-state index is 0.763. The predicted octanol–water partition coefficient (Wildman–Crippen LogP) is 9.70. The molecular formula is C46H37N3. The lowest BCUT2D eigenvalue weighted by atomic mass is 10.0. The zero-order valence-electron chi connectivity index (χ0n) is 27.6. The van der Waals surface area contributed by atoms with Crippen LogP contribution in [0.3, 0.4) is 0 Å². The number of aromatic nitrogens is 2. The van der Waals surface area contributed by atoms with Gasteiger partial charge in [-0.2, -0.15) is 0 Å². The number of rotatable bonds is 7. The number of hydrogen-bond acceptors (Lipinski definition) is 1. The molecule has 0 saturated heterocycles. The average molecular weight is 632 g/mol. The molecule has 2 N–H and O–H groups in total. The van der Waals surface area contributed by atoms with E-state index in [0.717, 1.165) is 50.5 Å². The van der Waals surface area contributed by atoms with Crippen LogP contribution in [0.25, 0.3) is 73.6 Å². The smallest absolute Gasteiger partial charge is 0.0547 e. The van der Waals surface area contributed by atoms with E-state index in [9.17, 15) is 0 Å². The molecule has 2 heterocycles. The highest BCUT2D eigenvalue weighted by atomic mass is 15.0. The van der Waals surface area contributed by atoms with Crippen LogP contribution >= 0.6 is 0 Å². The topological polar surface area (TPSA) is 35.9 Å². The highest BCUT2D eigenvalue weighted by molar-refractivity contribution is 6.10. The Morgan fingerprint density at radius 2 is 1.27 bits per heavy atom. The van der Waals surface area contributed by atoms with Gasteiger partial charge in [-0.3, -0.25) is 0 Å². The molecule has 236 valence electrons. The predicted molar refractivity (Wildman–Crippen MR) is 209 cm³/mol. The van der Waals surface area contributed by atoms with Gasteiger partial charge in [0.15, 0.2) is 0 Å². The highest BCUT2D eigenvalue weighted by Gasteiger charge is 2.15. The molecule has 3 nitrogen and oxygen atoms in total. The standard InChI is InChI=1S/C46H37N3/c1-3-4-18-43-32(2)39-27-23-36(31-46(39)48(43)38-25-20-33(21-26-38)22-28-42(47)34-13-7-5-8-14-34)35-24-29-45-41(30-35)40-17-11-12-19-44(40)49(45)37-15-9-6-10-16-37/h3-21,23-31H,2,22,47H2,1H3/b4-3-,42-28-,43-18+. The number of hydrogen-bond donors (Lipinski definition) is 1. The van der Waals surface area contributed by atoms with E-state index in [2.05, 4.69) is 155 Å². The molecule has 8 rings (SSSR count). The molecule has 49 heavy (non-hydrogen) atoms. The minimum Gasteiger partial charge on any atom is -0.398 e. The second-order valence-electron chi connectivity index (χ2n) is 12.4. The summed E-state index contributed by atoms with van der Waals surface area (Å²) in [6, 6.07) is 51.8. The summed E-state index contributed by atoms with van der Waals surface area (Å²) in [4.78, 5) is 0. The third-order valence-electron chi connectivity index (χ3n) is 9.44. The van der Waals surface area contributed by atoms with Crippen LogP contribution in [0, 0.1) is 0 Å². The van der Waals surface area contributed by atoms with Gasteiger partial charge < -0.3 is 14.9 Å². The molecule has 0 fully saturated rings. The molecule has 0 radical (unpaired) electrons. The van der Waals surface area contributed by atoms with Gasteiger partial charge in [-0.05, 0) is 90.2 Å². The number of nitrogens with two attached hydrogens (primary N) is 1. The van der Waals surface area contributed by atoms with E-state index in [0.29, 0.717) is 0 Å². The number of fused-ring (bicyclic) bond motifs is 4. The third-order valence-corrected chi connectivity index (χ3v) is 9.44. The lowest BCUT2D eigenvalue weighted by Crippen LogP contribution is -2.26. The first-order chi connectivity index (χ1) is 24.1. The van der Waals surface area contributed by atoms with Crippen LogP contribution in [0.4, 0.5) is 0 Å². The second kappa shape index (κ2) is 12.7. The molecule has 0 spiro atoms. The second-order valence-corrected chi connectivity index (χ2v) is 12.4. The molecule has 0 unspecified atom stereocenters. The van der Waals surface area contributed by atoms with E-state index in [-0.39, 0.29) is 0 Å². The van der Waals surface area contributed by atoms with Gasteiger partial charge in [-0.15, -0.1) is 0 Å². The zero-order valence-corrected chi connectivity index (χ0v) is 27.6. The van der Waals surface area contributed by atoms with Crippen molar-refractivity contribution in [3.05, 3.63) is 186 Å². The van der Waals surface area contributed by atoms with Crippen molar-refractivity contribution in [2.24, 2.45) is 5.73 Å². The van der Waals surface area contributed by atoms with Crippen LogP contribution < -0.4 is 16.3 Å². The van der Waals surface area contributed by atoms with Crippen LogP contribution in [-0.4, -0.2) is 9.13 Å². The van der Waals surface area contributed by atoms with Gasteiger partial charge in [0.2, 0.25) is 0 Å². The van der Waals surface area contributed by atoms with Gasteiger partial charge in [-0.1, -0.05) is 122 Å². The molecule has 0 bridgehead atoms. The maximum Gasteiger partial charge on any atom is 0.0547 e. The lowest BCUT2D eigenvalue weighted by Gasteiger charge is -2.10. The van der Waals surface area contributed by atoms with Crippen molar-refractivity contribution in [3.63, 3.8) is 0 Å². The SMILES string of the molecule is C=c1/c(=C\C=C/C)n(-c2ccc(C/C=C(\N)c3ccccc3)cc2)c2cc(-c3ccc4c(c3)c3ccccc3n4-c3ccccc3)ccc12. The molecule has 6 aromatic carbocycles. The van der Waals surface area contributed by atoms with Crippen LogP contribution in [0.15, 0.2) is 164 Å². The van der Waals surface area contributed by atoms with Crippen molar-refractivity contribution in [2.45, 2.75) is 13.3 Å². The summed E-state index contributed by atoms with van der Waals surface area (Å²) in [5.74, 6) is 0. The Bertz CT molecular complexity index is 2640. The van der Waals surface area contributed by atoms with Crippen molar-refractivity contribution < 1.29 is 0 Å². The number of allylic oxidation sites excluding steroid dienone is 3. The molecule has 2 aromatic heterocycles. The van der Waals surface area contributed by atoms with Gasteiger partial charge in [0.25, 0.3) is 0 Å². The van der Waals surface area contributed by atoms with Crippen molar-refractivity contribution in [1.29, 1.82) is 0 Å². The summed E-state index contributed by atoms with van der Waals surface area (Å²) in [7, 11) is 0. The summed E-state index contributed by atoms with van der Waals surface area (Å²) in [5.41, 5.74) is 17.6. The first-order valence-electron chi connectivity index (χ1n) is 16.8. The molecule has 0 aliphatic carbocycles. The van der Waals surface area contributed by atoms with Crippen molar-refractivity contribution in [1.82, 2.24) is 9.13 Å². The van der Waals surface area contributed by atoms with Gasteiger partial charge in [0, 0.05) is 38.4 Å². The summed E-state index contributed by atoms with van der Waals surface area (Å²) < 4.78 is 4.69. The molecule has 0 aliphatic rings. The maximum absolute atomic E-state index is 6.38. The molecular weight excluding hydrogens is 595 g/mol. The van der Waals surface area contributed by atoms with Crippen LogP contribution in [0.5, 0.6) is 0 Å². The number of para-hydroxylation sites is 2. The van der Waals surface area contributed by atoms with Gasteiger partial charge in [0.1, 0.15) is 0 Å².